The first-order valence-electron chi connectivity index (χ1n) is 9.32. The van der Waals surface area contributed by atoms with Crippen molar-refractivity contribution >= 4 is 38.3 Å². The van der Waals surface area contributed by atoms with Gasteiger partial charge in [-0.2, -0.15) is 5.10 Å². The zero-order valence-electron chi connectivity index (χ0n) is 16.0. The molecule has 0 radical (unpaired) electrons. The molecule has 0 aliphatic rings. The summed E-state index contributed by atoms with van der Waals surface area (Å²) in [6.07, 6.45) is 2.31. The van der Waals surface area contributed by atoms with Crippen LogP contribution in [0.4, 0.5) is 0 Å². The van der Waals surface area contributed by atoms with E-state index in [1.54, 1.807) is 42.6 Å². The van der Waals surface area contributed by atoms with Crippen molar-refractivity contribution in [2.24, 2.45) is 0 Å². The highest BCUT2D eigenvalue weighted by Crippen LogP contribution is 2.15. The molecule has 0 spiro atoms. The molecule has 0 aliphatic heterocycles. The van der Waals surface area contributed by atoms with Crippen LogP contribution in [0.5, 0.6) is 0 Å². The molecule has 0 aliphatic carbocycles. The lowest BCUT2D eigenvalue weighted by Gasteiger charge is -2.10. The molecule has 4 rings (SSSR count). The molecule has 0 atom stereocenters. The van der Waals surface area contributed by atoms with Crippen LogP contribution in [0.2, 0.25) is 0 Å². The van der Waals surface area contributed by atoms with Crippen LogP contribution in [0, 0.1) is 0 Å². The average Bonchev–Trinajstić information content (AvgIpc) is 2.75. The Hall–Kier alpha value is -3.33. The van der Waals surface area contributed by atoms with Crippen LogP contribution in [0.25, 0.3) is 16.4 Å². The maximum absolute atomic E-state index is 12.8. The molecule has 1 aromatic carbocycles. The Balaban J connectivity index is 1.66. The van der Waals surface area contributed by atoms with E-state index in [1.807, 2.05) is 6.92 Å². The molecule has 0 saturated heterocycles. The van der Waals surface area contributed by atoms with Crippen molar-refractivity contribution in [1.82, 2.24) is 19.2 Å². The van der Waals surface area contributed by atoms with Gasteiger partial charge in [0.05, 0.1) is 11.1 Å². The van der Waals surface area contributed by atoms with Crippen molar-refractivity contribution in [2.75, 3.05) is 0 Å². The van der Waals surface area contributed by atoms with E-state index in [4.69, 9.17) is 4.74 Å². The van der Waals surface area contributed by atoms with E-state index in [-0.39, 0.29) is 23.4 Å². The normalized spacial score (nSPS) is 11.1. The van der Waals surface area contributed by atoms with E-state index >= 15 is 0 Å². The molecule has 0 saturated carbocycles. The molecule has 0 unspecified atom stereocenters. The zero-order chi connectivity index (χ0) is 21.3. The average molecular weight is 469 g/mol. The number of aromatic nitrogens is 4. The van der Waals surface area contributed by atoms with E-state index in [9.17, 15) is 14.4 Å². The molecular formula is C21H17BrN4O4. The van der Waals surface area contributed by atoms with Gasteiger partial charge in [-0.15, -0.1) is 0 Å². The number of carbonyl (C=O) groups excluding carboxylic acids is 1. The van der Waals surface area contributed by atoms with Gasteiger partial charge in [0, 0.05) is 28.7 Å². The van der Waals surface area contributed by atoms with E-state index in [0.29, 0.717) is 35.1 Å². The number of nitrogens with zero attached hydrogens (tertiary/aromatic N) is 4. The molecule has 30 heavy (non-hydrogen) atoms. The van der Waals surface area contributed by atoms with Crippen LogP contribution in [0.3, 0.4) is 0 Å². The van der Waals surface area contributed by atoms with Gasteiger partial charge in [-0.25, -0.2) is 14.5 Å². The second-order valence-electron chi connectivity index (χ2n) is 6.66. The Morgan fingerprint density at radius 3 is 2.67 bits per heavy atom. The first-order chi connectivity index (χ1) is 14.5. The summed E-state index contributed by atoms with van der Waals surface area (Å²) >= 11 is 3.31. The van der Waals surface area contributed by atoms with Gasteiger partial charge in [0.2, 0.25) is 0 Å². The maximum Gasteiger partial charge on any atom is 0.359 e. The molecular weight excluding hydrogens is 452 g/mol. The Morgan fingerprint density at radius 2 is 1.90 bits per heavy atom. The fourth-order valence-corrected chi connectivity index (χ4v) is 3.49. The third-order valence-corrected chi connectivity index (χ3v) is 4.99. The molecule has 0 fully saturated rings. The smallest absolute Gasteiger partial charge is 0.359 e. The van der Waals surface area contributed by atoms with Crippen LogP contribution < -0.4 is 11.1 Å². The number of hydrogen-bond donors (Lipinski definition) is 0. The van der Waals surface area contributed by atoms with Gasteiger partial charge in [0.1, 0.15) is 12.3 Å². The van der Waals surface area contributed by atoms with E-state index in [2.05, 4.69) is 26.0 Å². The molecule has 4 aromatic rings. The van der Waals surface area contributed by atoms with Crippen LogP contribution in [-0.2, 0) is 17.9 Å². The van der Waals surface area contributed by atoms with Crippen molar-refractivity contribution < 1.29 is 9.53 Å². The number of halogens is 1. The molecule has 3 heterocycles. The van der Waals surface area contributed by atoms with Crippen LogP contribution in [0.15, 0.2) is 62.7 Å². The summed E-state index contributed by atoms with van der Waals surface area (Å²) in [6, 6.07) is 11.6. The maximum atomic E-state index is 12.8. The van der Waals surface area contributed by atoms with Crippen molar-refractivity contribution in [3.63, 3.8) is 0 Å². The Morgan fingerprint density at radius 1 is 1.13 bits per heavy atom. The Bertz CT molecular complexity index is 1390. The van der Waals surface area contributed by atoms with Crippen molar-refractivity contribution in [1.29, 1.82) is 0 Å². The highest BCUT2D eigenvalue weighted by atomic mass is 79.9. The lowest BCUT2D eigenvalue weighted by Crippen LogP contribution is -2.26. The predicted molar refractivity (Wildman–Crippen MR) is 115 cm³/mol. The summed E-state index contributed by atoms with van der Waals surface area (Å²) in [5.41, 5.74) is 0.283. The topological polar surface area (TPSA) is 95.6 Å². The Labute approximate surface area is 178 Å². The molecule has 0 bridgehead atoms. The number of hydrogen-bond acceptors (Lipinski definition) is 6. The quantitative estimate of drug-likeness (QED) is 0.417. The second kappa shape index (κ2) is 8.19. The van der Waals surface area contributed by atoms with Gasteiger partial charge in [0.15, 0.2) is 5.69 Å². The SMILES string of the molecule is CCCn1nc(C(=O)OCc2cc(=O)n3cc(Br)ccc3n2)c2ccccc2c1=O. The van der Waals surface area contributed by atoms with Gasteiger partial charge in [-0.3, -0.25) is 14.0 Å². The first-order valence-corrected chi connectivity index (χ1v) is 10.1. The number of aryl methyl sites for hydroxylation is 1. The summed E-state index contributed by atoms with van der Waals surface area (Å²) in [4.78, 5) is 42.0. The predicted octanol–water partition coefficient (Wildman–Crippen LogP) is 2.93. The zero-order valence-corrected chi connectivity index (χ0v) is 17.6. The minimum absolute atomic E-state index is 0.0556. The lowest BCUT2D eigenvalue weighted by atomic mass is 10.1. The third-order valence-electron chi connectivity index (χ3n) is 4.52. The summed E-state index contributed by atoms with van der Waals surface area (Å²) in [5, 5.41) is 5.05. The van der Waals surface area contributed by atoms with Crippen LogP contribution in [0.1, 0.15) is 29.5 Å². The number of benzene rings is 1. The van der Waals surface area contributed by atoms with Crippen molar-refractivity contribution in [3.05, 3.63) is 85.2 Å². The van der Waals surface area contributed by atoms with Gasteiger partial charge in [0.25, 0.3) is 11.1 Å². The number of fused-ring (bicyclic) bond motifs is 2. The van der Waals surface area contributed by atoms with E-state index in [0.717, 1.165) is 4.47 Å². The number of esters is 1. The monoisotopic (exact) mass is 468 g/mol. The fourth-order valence-electron chi connectivity index (χ4n) is 3.16. The number of rotatable bonds is 5. The van der Waals surface area contributed by atoms with E-state index in [1.165, 1.54) is 15.1 Å². The molecule has 3 aromatic heterocycles. The first kappa shape index (κ1) is 20.0. The van der Waals surface area contributed by atoms with Crippen molar-refractivity contribution in [2.45, 2.75) is 26.5 Å². The highest BCUT2D eigenvalue weighted by molar-refractivity contribution is 9.10. The van der Waals surface area contributed by atoms with Crippen LogP contribution in [-0.4, -0.2) is 25.1 Å². The minimum Gasteiger partial charge on any atom is -0.454 e. The molecule has 8 nitrogen and oxygen atoms in total. The fraction of sp³-hybridized carbons (Fsp3) is 0.190. The van der Waals surface area contributed by atoms with Gasteiger partial charge in [-0.1, -0.05) is 25.1 Å². The minimum atomic E-state index is -0.686. The number of carbonyl (C=O) groups is 1. The molecule has 152 valence electrons. The Kier molecular flexibility index (Phi) is 5.45. The largest absolute Gasteiger partial charge is 0.454 e. The molecule has 9 heteroatoms. The highest BCUT2D eigenvalue weighted by Gasteiger charge is 2.18. The summed E-state index contributed by atoms with van der Waals surface area (Å²) in [6.45, 7) is 2.12. The van der Waals surface area contributed by atoms with Gasteiger partial charge < -0.3 is 4.74 Å². The number of pyridine rings is 1. The second-order valence-corrected chi connectivity index (χ2v) is 7.58. The van der Waals surface area contributed by atoms with Gasteiger partial charge in [-0.05, 0) is 40.5 Å². The van der Waals surface area contributed by atoms with Crippen molar-refractivity contribution in [3.8, 4) is 0 Å². The third kappa shape index (κ3) is 3.76. The molecule has 0 N–H and O–H groups in total. The number of ether oxygens (including phenoxy) is 1. The summed E-state index contributed by atoms with van der Waals surface area (Å²) in [5.74, 6) is -0.686. The lowest BCUT2D eigenvalue weighted by molar-refractivity contribution is 0.0460. The molecule has 0 amide bonds. The van der Waals surface area contributed by atoms with E-state index < -0.39 is 5.97 Å². The standard InChI is InChI=1S/C21H17BrN4O4/c1-2-9-26-20(28)16-6-4-3-5-15(16)19(24-26)21(29)30-12-14-10-18(27)25-11-13(22)7-8-17(25)23-14/h3-8,10-11H,2,9,12H2,1H3. The van der Waals surface area contributed by atoms with Crippen LogP contribution >= 0.6 is 15.9 Å². The summed E-state index contributed by atoms with van der Waals surface area (Å²) in [7, 11) is 0. The summed E-state index contributed by atoms with van der Waals surface area (Å²) < 4.78 is 8.80. The van der Waals surface area contributed by atoms with Gasteiger partial charge >= 0.3 is 5.97 Å².